The minimum atomic E-state index is -1.11. The van der Waals surface area contributed by atoms with E-state index in [0.29, 0.717) is 6.42 Å². The normalized spacial score (nSPS) is 17.5. The van der Waals surface area contributed by atoms with Gasteiger partial charge in [0.1, 0.15) is 11.6 Å². The van der Waals surface area contributed by atoms with Crippen molar-refractivity contribution in [3.8, 4) is 0 Å². The SMILES string of the molecule is CC(C)(C)OC(=O)C1Cc2c(ccc3ccccc23)CN1C(=O)O. The fourth-order valence-electron chi connectivity index (χ4n) is 3.15. The summed E-state index contributed by atoms with van der Waals surface area (Å²) >= 11 is 0. The lowest BCUT2D eigenvalue weighted by atomic mass is 9.89. The van der Waals surface area contributed by atoms with E-state index in [-0.39, 0.29) is 6.54 Å². The predicted molar refractivity (Wildman–Crippen MR) is 90.9 cm³/mol. The number of hydrogen-bond acceptors (Lipinski definition) is 3. The van der Waals surface area contributed by atoms with Crippen molar-refractivity contribution in [1.82, 2.24) is 4.90 Å². The van der Waals surface area contributed by atoms with E-state index in [0.717, 1.165) is 21.9 Å². The zero-order valence-corrected chi connectivity index (χ0v) is 14.1. The van der Waals surface area contributed by atoms with Crippen LogP contribution >= 0.6 is 0 Å². The molecule has 1 aliphatic rings. The highest BCUT2D eigenvalue weighted by atomic mass is 16.6. The molecule has 0 saturated carbocycles. The summed E-state index contributed by atoms with van der Waals surface area (Å²) in [7, 11) is 0. The maximum absolute atomic E-state index is 12.5. The van der Waals surface area contributed by atoms with E-state index in [1.54, 1.807) is 20.8 Å². The summed E-state index contributed by atoms with van der Waals surface area (Å²) in [4.78, 5) is 25.3. The van der Waals surface area contributed by atoms with Gasteiger partial charge in [0.15, 0.2) is 0 Å². The van der Waals surface area contributed by atoms with E-state index in [2.05, 4.69) is 0 Å². The van der Waals surface area contributed by atoms with Crippen molar-refractivity contribution in [2.75, 3.05) is 0 Å². The molecule has 0 fully saturated rings. The van der Waals surface area contributed by atoms with Gasteiger partial charge in [-0.1, -0.05) is 36.4 Å². The maximum Gasteiger partial charge on any atom is 0.408 e. The van der Waals surface area contributed by atoms with Crippen molar-refractivity contribution in [2.24, 2.45) is 0 Å². The van der Waals surface area contributed by atoms with Crippen LogP contribution in [0.5, 0.6) is 0 Å². The second-order valence-corrected chi connectivity index (χ2v) is 7.09. The van der Waals surface area contributed by atoms with E-state index in [9.17, 15) is 14.7 Å². The van der Waals surface area contributed by atoms with Crippen LogP contribution in [0.1, 0.15) is 31.9 Å². The van der Waals surface area contributed by atoms with Crippen LogP contribution < -0.4 is 0 Å². The van der Waals surface area contributed by atoms with Gasteiger partial charge < -0.3 is 9.84 Å². The molecule has 0 aromatic heterocycles. The topological polar surface area (TPSA) is 66.8 Å². The van der Waals surface area contributed by atoms with Crippen molar-refractivity contribution in [2.45, 2.75) is 45.4 Å². The van der Waals surface area contributed by atoms with E-state index in [4.69, 9.17) is 4.74 Å². The number of carbonyl (C=O) groups excluding carboxylic acids is 1. The Hall–Kier alpha value is -2.56. The van der Waals surface area contributed by atoms with Gasteiger partial charge in [0.25, 0.3) is 0 Å². The number of fused-ring (bicyclic) bond motifs is 3. The van der Waals surface area contributed by atoms with Crippen LogP contribution in [0.4, 0.5) is 4.79 Å². The van der Waals surface area contributed by atoms with E-state index >= 15 is 0 Å². The fraction of sp³-hybridized carbons (Fsp3) is 0.368. The lowest BCUT2D eigenvalue weighted by Gasteiger charge is -2.35. The van der Waals surface area contributed by atoms with Crippen molar-refractivity contribution >= 4 is 22.8 Å². The van der Waals surface area contributed by atoms with Crippen molar-refractivity contribution in [3.05, 3.63) is 47.5 Å². The molecule has 2 aromatic carbocycles. The Morgan fingerprint density at radius 2 is 1.88 bits per heavy atom. The first kappa shape index (κ1) is 16.3. The summed E-state index contributed by atoms with van der Waals surface area (Å²) in [6, 6.07) is 11.1. The summed E-state index contributed by atoms with van der Waals surface area (Å²) in [5, 5.41) is 11.7. The zero-order valence-electron chi connectivity index (χ0n) is 14.1. The molecular formula is C19H21NO4. The molecule has 3 rings (SSSR count). The van der Waals surface area contributed by atoms with Crippen molar-refractivity contribution in [3.63, 3.8) is 0 Å². The highest BCUT2D eigenvalue weighted by Crippen LogP contribution is 2.31. The molecular weight excluding hydrogens is 306 g/mol. The maximum atomic E-state index is 12.5. The monoisotopic (exact) mass is 327 g/mol. The summed E-state index contributed by atoms with van der Waals surface area (Å²) in [6.45, 7) is 5.53. The van der Waals surface area contributed by atoms with E-state index in [1.807, 2.05) is 36.4 Å². The molecule has 5 nitrogen and oxygen atoms in total. The van der Waals surface area contributed by atoms with Crippen LogP contribution in [-0.4, -0.2) is 33.7 Å². The van der Waals surface area contributed by atoms with Gasteiger partial charge in [-0.3, -0.25) is 4.90 Å². The second-order valence-electron chi connectivity index (χ2n) is 7.09. The molecule has 126 valence electrons. The van der Waals surface area contributed by atoms with Gasteiger partial charge in [-0.2, -0.15) is 0 Å². The molecule has 1 amide bonds. The smallest absolute Gasteiger partial charge is 0.408 e. The first-order valence-corrected chi connectivity index (χ1v) is 7.98. The van der Waals surface area contributed by atoms with Crippen LogP contribution in [0.25, 0.3) is 10.8 Å². The van der Waals surface area contributed by atoms with Gasteiger partial charge in [0.05, 0.1) is 6.54 Å². The van der Waals surface area contributed by atoms with E-state index in [1.165, 1.54) is 4.90 Å². The second kappa shape index (κ2) is 5.82. The number of hydrogen-bond donors (Lipinski definition) is 1. The molecule has 5 heteroatoms. The van der Waals surface area contributed by atoms with Crippen LogP contribution in [0, 0.1) is 0 Å². The largest absolute Gasteiger partial charge is 0.465 e. The number of carbonyl (C=O) groups is 2. The van der Waals surface area contributed by atoms with E-state index < -0.39 is 23.7 Å². The number of rotatable bonds is 1. The number of esters is 1. The van der Waals surface area contributed by atoms with Crippen LogP contribution in [-0.2, 0) is 22.5 Å². The first-order chi connectivity index (χ1) is 11.3. The zero-order chi connectivity index (χ0) is 17.5. The molecule has 1 N–H and O–H groups in total. The summed E-state index contributed by atoms with van der Waals surface area (Å²) in [5.74, 6) is -0.497. The molecule has 1 unspecified atom stereocenters. The molecule has 1 aliphatic heterocycles. The molecule has 2 aromatic rings. The molecule has 24 heavy (non-hydrogen) atoms. The number of ether oxygens (including phenoxy) is 1. The Kier molecular flexibility index (Phi) is 3.95. The Balaban J connectivity index is 2.03. The molecule has 1 heterocycles. The van der Waals surface area contributed by atoms with Gasteiger partial charge in [-0.05, 0) is 42.7 Å². The molecule has 1 atom stereocenters. The molecule has 0 radical (unpaired) electrons. The van der Waals surface area contributed by atoms with Gasteiger partial charge in [-0.25, -0.2) is 9.59 Å². The fourth-order valence-corrected chi connectivity index (χ4v) is 3.15. The lowest BCUT2D eigenvalue weighted by molar-refractivity contribution is -0.161. The Bertz CT molecular complexity index is 807. The summed E-state index contributed by atoms with van der Waals surface area (Å²) in [6.07, 6.45) is -0.776. The Morgan fingerprint density at radius 3 is 2.54 bits per heavy atom. The molecule has 0 spiro atoms. The van der Waals surface area contributed by atoms with Gasteiger partial charge in [-0.15, -0.1) is 0 Å². The van der Waals surface area contributed by atoms with Gasteiger partial charge in [0, 0.05) is 6.42 Å². The average molecular weight is 327 g/mol. The van der Waals surface area contributed by atoms with Gasteiger partial charge >= 0.3 is 12.1 Å². The van der Waals surface area contributed by atoms with Gasteiger partial charge in [0.2, 0.25) is 0 Å². The Labute approximate surface area is 140 Å². The van der Waals surface area contributed by atoms with Crippen molar-refractivity contribution < 1.29 is 19.4 Å². The number of carboxylic acid groups (broad SMARTS) is 1. The first-order valence-electron chi connectivity index (χ1n) is 7.98. The molecule has 0 saturated heterocycles. The minimum Gasteiger partial charge on any atom is -0.465 e. The Morgan fingerprint density at radius 1 is 1.17 bits per heavy atom. The van der Waals surface area contributed by atoms with Crippen LogP contribution in [0.15, 0.2) is 36.4 Å². The van der Waals surface area contributed by atoms with Crippen molar-refractivity contribution in [1.29, 1.82) is 0 Å². The number of benzene rings is 2. The predicted octanol–water partition coefficient (Wildman–Crippen LogP) is 3.59. The standard InChI is InChI=1S/C19H21NO4/c1-19(2,3)24-17(21)16-10-15-13(11-20(16)18(22)23)9-8-12-6-4-5-7-14(12)15/h4-9,16H,10-11H2,1-3H3,(H,22,23). The third kappa shape index (κ3) is 3.07. The quantitative estimate of drug-likeness (QED) is 0.813. The lowest BCUT2D eigenvalue weighted by Crippen LogP contribution is -2.50. The molecule has 0 bridgehead atoms. The highest BCUT2D eigenvalue weighted by molar-refractivity contribution is 5.89. The minimum absolute atomic E-state index is 0.194. The molecule has 0 aliphatic carbocycles. The third-order valence-corrected chi connectivity index (χ3v) is 4.18. The summed E-state index contributed by atoms with van der Waals surface area (Å²) in [5.41, 5.74) is 1.32. The van der Waals surface area contributed by atoms with Crippen LogP contribution in [0.3, 0.4) is 0 Å². The van der Waals surface area contributed by atoms with Crippen LogP contribution in [0.2, 0.25) is 0 Å². The average Bonchev–Trinajstić information content (AvgIpc) is 2.51. The number of amides is 1. The number of nitrogens with zero attached hydrogens (tertiary/aromatic N) is 1. The third-order valence-electron chi connectivity index (χ3n) is 4.18. The summed E-state index contributed by atoms with van der Waals surface area (Å²) < 4.78 is 5.44. The highest BCUT2D eigenvalue weighted by Gasteiger charge is 2.37.